The maximum atomic E-state index is 13.2. The average molecular weight is 434 g/mol. The molecule has 1 atom stereocenters. The van der Waals surface area contributed by atoms with E-state index in [1.165, 1.54) is 5.56 Å². The van der Waals surface area contributed by atoms with E-state index in [-0.39, 0.29) is 6.42 Å². The van der Waals surface area contributed by atoms with Crippen LogP contribution in [0.25, 0.3) is 11.0 Å². The molecule has 2 aromatic carbocycles. The third kappa shape index (κ3) is 3.53. The number of rotatable bonds is 6. The quantitative estimate of drug-likeness (QED) is 0.567. The van der Waals surface area contributed by atoms with Gasteiger partial charge in [0.2, 0.25) is 5.91 Å². The molecule has 3 aromatic rings. The predicted octanol–water partition coefficient (Wildman–Crippen LogP) is 4.30. The van der Waals surface area contributed by atoms with Crippen LogP contribution in [0.2, 0.25) is 0 Å². The molecule has 4 amide bonds. The lowest BCUT2D eigenvalue weighted by atomic mass is 9.87. The molecular weight excluding hydrogens is 406 g/mol. The molecule has 0 aliphatic carbocycles. The first-order chi connectivity index (χ1) is 15.3. The molecule has 2 N–H and O–H groups in total. The van der Waals surface area contributed by atoms with E-state index in [1.807, 2.05) is 44.2 Å². The Morgan fingerprint density at radius 2 is 1.91 bits per heavy atom. The summed E-state index contributed by atoms with van der Waals surface area (Å²) >= 11 is 0. The van der Waals surface area contributed by atoms with E-state index < -0.39 is 23.4 Å². The summed E-state index contributed by atoms with van der Waals surface area (Å²) in [6.07, 6.45) is 1.90. The van der Waals surface area contributed by atoms with Gasteiger partial charge in [-0.1, -0.05) is 51.1 Å². The Labute approximate surface area is 186 Å². The molecule has 0 radical (unpaired) electrons. The highest BCUT2D eigenvalue weighted by molar-refractivity contribution is 6.08. The summed E-state index contributed by atoms with van der Waals surface area (Å²) in [7, 11) is 0. The van der Waals surface area contributed by atoms with Crippen molar-refractivity contribution in [3.8, 4) is 0 Å². The van der Waals surface area contributed by atoms with Crippen LogP contribution in [0.1, 0.15) is 55.4 Å². The van der Waals surface area contributed by atoms with Crippen LogP contribution >= 0.6 is 0 Å². The minimum absolute atomic E-state index is 0.0187. The molecule has 0 bridgehead atoms. The Hall–Kier alpha value is -3.61. The van der Waals surface area contributed by atoms with Gasteiger partial charge in [0.05, 0.1) is 12.7 Å². The van der Waals surface area contributed by atoms with Gasteiger partial charge in [-0.25, -0.2) is 4.79 Å². The monoisotopic (exact) mass is 433 g/mol. The van der Waals surface area contributed by atoms with Crippen LogP contribution in [-0.2, 0) is 21.5 Å². The largest absolute Gasteiger partial charge is 0.464 e. The van der Waals surface area contributed by atoms with Crippen molar-refractivity contribution in [2.75, 3.05) is 0 Å². The van der Waals surface area contributed by atoms with Gasteiger partial charge < -0.3 is 9.73 Å². The van der Waals surface area contributed by atoms with Crippen LogP contribution in [0.3, 0.4) is 0 Å². The molecule has 32 heavy (non-hydrogen) atoms. The summed E-state index contributed by atoms with van der Waals surface area (Å²) in [6, 6.07) is 12.4. The minimum atomic E-state index is -1.20. The molecule has 1 saturated heterocycles. The number of furan rings is 1. The van der Waals surface area contributed by atoms with Crippen LogP contribution < -0.4 is 10.7 Å². The van der Waals surface area contributed by atoms with Gasteiger partial charge in [-0.3, -0.25) is 15.0 Å². The molecule has 1 unspecified atom stereocenters. The van der Waals surface area contributed by atoms with Gasteiger partial charge in [-0.15, -0.1) is 0 Å². The van der Waals surface area contributed by atoms with E-state index in [1.54, 1.807) is 18.4 Å². The van der Waals surface area contributed by atoms with Crippen LogP contribution in [0.15, 0.2) is 53.1 Å². The van der Waals surface area contributed by atoms with Crippen molar-refractivity contribution in [2.45, 2.75) is 52.0 Å². The fraction of sp³-hybridized carbons (Fsp3) is 0.320. The van der Waals surface area contributed by atoms with Gasteiger partial charge in [0.25, 0.3) is 5.91 Å². The highest BCUT2D eigenvalue weighted by Crippen LogP contribution is 2.32. The SMILES string of the molecule is CCC1(c2ccccc2)NC(=O)N(NC(=O)Cc2coc3cc(C)c(C(C)C)cc23)C1=O. The molecule has 1 aliphatic heterocycles. The van der Waals surface area contributed by atoms with E-state index in [0.29, 0.717) is 29.0 Å². The van der Waals surface area contributed by atoms with E-state index >= 15 is 0 Å². The third-order valence-corrected chi connectivity index (χ3v) is 6.14. The third-order valence-electron chi connectivity index (χ3n) is 6.14. The summed E-state index contributed by atoms with van der Waals surface area (Å²) in [4.78, 5) is 38.6. The van der Waals surface area contributed by atoms with Gasteiger partial charge in [0.15, 0.2) is 0 Å². The number of nitrogens with one attached hydrogen (secondary N) is 2. The molecule has 1 aromatic heterocycles. The summed E-state index contributed by atoms with van der Waals surface area (Å²) in [6.45, 7) is 8.09. The van der Waals surface area contributed by atoms with Crippen molar-refractivity contribution in [3.63, 3.8) is 0 Å². The van der Waals surface area contributed by atoms with Crippen molar-refractivity contribution in [3.05, 3.63) is 71.0 Å². The number of urea groups is 1. The van der Waals surface area contributed by atoms with E-state index in [4.69, 9.17) is 4.42 Å². The fourth-order valence-electron chi connectivity index (χ4n) is 4.38. The number of nitrogens with zero attached hydrogens (tertiary/aromatic N) is 1. The van der Waals surface area contributed by atoms with Crippen molar-refractivity contribution in [1.82, 2.24) is 15.8 Å². The Bertz CT molecular complexity index is 1200. The van der Waals surface area contributed by atoms with E-state index in [0.717, 1.165) is 16.0 Å². The maximum Gasteiger partial charge on any atom is 0.344 e. The van der Waals surface area contributed by atoms with Crippen LogP contribution in [-0.4, -0.2) is 22.9 Å². The zero-order valence-electron chi connectivity index (χ0n) is 18.7. The summed E-state index contributed by atoms with van der Waals surface area (Å²) < 4.78 is 5.65. The van der Waals surface area contributed by atoms with Gasteiger partial charge in [0.1, 0.15) is 11.1 Å². The van der Waals surface area contributed by atoms with Gasteiger partial charge in [-0.05, 0) is 48.1 Å². The number of aryl methyl sites for hydroxylation is 1. The lowest BCUT2D eigenvalue weighted by Gasteiger charge is -2.25. The van der Waals surface area contributed by atoms with Crippen LogP contribution in [0, 0.1) is 6.92 Å². The standard InChI is InChI=1S/C25H27N3O4/c1-5-25(18-9-7-6-8-10-18)23(30)28(24(31)26-25)27-22(29)12-17-14-32-21-11-16(4)19(15(2)3)13-20(17)21/h6-11,13-15H,5,12H2,1-4H3,(H,26,31)(H,27,29). The molecule has 1 fully saturated rings. The lowest BCUT2D eigenvalue weighted by Crippen LogP contribution is -2.49. The Morgan fingerprint density at radius 3 is 2.56 bits per heavy atom. The highest BCUT2D eigenvalue weighted by atomic mass is 16.3. The smallest absolute Gasteiger partial charge is 0.344 e. The minimum Gasteiger partial charge on any atom is -0.464 e. The number of hydrogen-bond donors (Lipinski definition) is 2. The zero-order chi connectivity index (χ0) is 23.0. The topological polar surface area (TPSA) is 91.7 Å². The number of carbonyl (C=O) groups excluding carboxylic acids is 3. The lowest BCUT2D eigenvalue weighted by molar-refractivity contribution is -0.139. The van der Waals surface area contributed by atoms with Gasteiger partial charge >= 0.3 is 6.03 Å². The normalized spacial score (nSPS) is 18.5. The molecule has 1 aliphatic rings. The Balaban J connectivity index is 1.55. The number of amides is 4. The van der Waals surface area contributed by atoms with Crippen LogP contribution in [0.4, 0.5) is 4.79 Å². The Kier molecular flexibility index (Phi) is 5.50. The molecule has 0 saturated carbocycles. The number of carbonyl (C=O) groups is 3. The van der Waals surface area contributed by atoms with Crippen molar-refractivity contribution < 1.29 is 18.8 Å². The predicted molar refractivity (Wildman–Crippen MR) is 121 cm³/mol. The van der Waals surface area contributed by atoms with Crippen molar-refractivity contribution >= 4 is 28.8 Å². The fourth-order valence-corrected chi connectivity index (χ4v) is 4.38. The number of fused-ring (bicyclic) bond motifs is 1. The number of imide groups is 1. The molecule has 7 heteroatoms. The summed E-state index contributed by atoms with van der Waals surface area (Å²) in [5.74, 6) is -0.635. The number of hydrazine groups is 1. The zero-order valence-corrected chi connectivity index (χ0v) is 18.7. The summed E-state index contributed by atoms with van der Waals surface area (Å²) in [5.41, 5.74) is 5.69. The first-order valence-corrected chi connectivity index (χ1v) is 10.8. The van der Waals surface area contributed by atoms with E-state index in [9.17, 15) is 14.4 Å². The molecule has 166 valence electrons. The molecule has 2 heterocycles. The second kappa shape index (κ2) is 8.15. The average Bonchev–Trinajstić information content (AvgIpc) is 3.26. The molecule has 0 spiro atoms. The Morgan fingerprint density at radius 1 is 1.19 bits per heavy atom. The van der Waals surface area contributed by atoms with E-state index in [2.05, 4.69) is 24.6 Å². The molecule has 7 nitrogen and oxygen atoms in total. The second-order valence-electron chi connectivity index (χ2n) is 8.53. The van der Waals surface area contributed by atoms with Gasteiger partial charge in [0, 0.05) is 10.9 Å². The number of benzene rings is 2. The first-order valence-electron chi connectivity index (χ1n) is 10.8. The molecule has 4 rings (SSSR count). The molecular formula is C25H27N3O4. The van der Waals surface area contributed by atoms with Crippen LogP contribution in [0.5, 0.6) is 0 Å². The van der Waals surface area contributed by atoms with Crippen molar-refractivity contribution in [1.29, 1.82) is 0 Å². The maximum absolute atomic E-state index is 13.2. The second-order valence-corrected chi connectivity index (χ2v) is 8.53. The van der Waals surface area contributed by atoms with Crippen molar-refractivity contribution in [2.24, 2.45) is 0 Å². The van der Waals surface area contributed by atoms with Gasteiger partial charge in [-0.2, -0.15) is 5.01 Å². The summed E-state index contributed by atoms with van der Waals surface area (Å²) in [5, 5.41) is 4.40. The highest BCUT2D eigenvalue weighted by Gasteiger charge is 2.52. The number of hydrogen-bond acceptors (Lipinski definition) is 4. The first kappa shape index (κ1) is 21.6.